The van der Waals surface area contributed by atoms with Gasteiger partial charge in [0.15, 0.2) is 0 Å². The Hall–Kier alpha value is -3.69. The number of carbonyl (C=O) groups excluding carboxylic acids is 2. The van der Waals surface area contributed by atoms with Crippen LogP contribution in [0, 0.1) is 6.92 Å². The van der Waals surface area contributed by atoms with Crippen molar-refractivity contribution >= 4 is 39.1 Å². The van der Waals surface area contributed by atoms with Crippen LogP contribution in [0.4, 0.5) is 5.69 Å². The van der Waals surface area contributed by atoms with Gasteiger partial charge >= 0.3 is 0 Å². The van der Waals surface area contributed by atoms with E-state index in [1.807, 2.05) is 48.0 Å². The Labute approximate surface area is 195 Å². The van der Waals surface area contributed by atoms with Gasteiger partial charge in [0, 0.05) is 30.8 Å². The van der Waals surface area contributed by atoms with Crippen LogP contribution in [-0.2, 0) is 4.74 Å². The molecule has 0 aliphatic rings. The van der Waals surface area contributed by atoms with E-state index >= 15 is 0 Å². The summed E-state index contributed by atoms with van der Waals surface area (Å²) in [4.78, 5) is 26.8. The maximum absolute atomic E-state index is 13.0. The predicted molar refractivity (Wildman–Crippen MR) is 129 cm³/mol. The highest BCUT2D eigenvalue weighted by Crippen LogP contribution is 2.31. The monoisotopic (exact) mass is 464 g/mol. The summed E-state index contributed by atoms with van der Waals surface area (Å²) in [5, 5.41) is 11.2. The fourth-order valence-corrected chi connectivity index (χ4v) is 4.49. The normalized spacial score (nSPS) is 10.9. The van der Waals surface area contributed by atoms with Crippen LogP contribution >= 0.6 is 11.3 Å². The number of hydrogen-bond acceptors (Lipinski definition) is 6. The molecule has 4 aromatic rings. The average Bonchev–Trinajstić information content (AvgIpc) is 3.40. The molecule has 2 aromatic carbocycles. The third-order valence-electron chi connectivity index (χ3n) is 5.06. The molecule has 0 saturated heterocycles. The van der Waals surface area contributed by atoms with E-state index in [9.17, 15) is 9.59 Å². The Morgan fingerprint density at radius 1 is 1.06 bits per heavy atom. The zero-order valence-electron chi connectivity index (χ0n) is 18.5. The quantitative estimate of drug-likeness (QED) is 0.384. The zero-order valence-corrected chi connectivity index (χ0v) is 19.4. The lowest BCUT2D eigenvalue weighted by Crippen LogP contribution is -2.27. The topological polar surface area (TPSA) is 94.5 Å². The number of anilines is 1. The summed E-state index contributed by atoms with van der Waals surface area (Å²) >= 11 is 1.38. The van der Waals surface area contributed by atoms with Crippen molar-refractivity contribution in [1.82, 2.24) is 15.1 Å². The Morgan fingerprint density at radius 3 is 2.58 bits per heavy atom. The maximum Gasteiger partial charge on any atom is 0.265 e. The van der Waals surface area contributed by atoms with Crippen molar-refractivity contribution < 1.29 is 19.1 Å². The summed E-state index contributed by atoms with van der Waals surface area (Å²) in [6, 6.07) is 16.6. The van der Waals surface area contributed by atoms with Gasteiger partial charge in [0.25, 0.3) is 11.8 Å². The molecule has 0 aliphatic heterocycles. The van der Waals surface area contributed by atoms with E-state index in [2.05, 4.69) is 15.7 Å². The molecule has 9 heteroatoms. The Kier molecular flexibility index (Phi) is 6.71. The number of carbonyl (C=O) groups is 2. The average molecular weight is 465 g/mol. The first-order chi connectivity index (χ1) is 16.0. The van der Waals surface area contributed by atoms with Crippen molar-refractivity contribution in [2.24, 2.45) is 0 Å². The molecule has 0 aliphatic carbocycles. The van der Waals surface area contributed by atoms with Gasteiger partial charge in [0.05, 0.1) is 35.5 Å². The van der Waals surface area contributed by atoms with Crippen LogP contribution in [0.3, 0.4) is 0 Å². The lowest BCUT2D eigenvalue weighted by molar-refractivity contribution is 0.0933. The standard InChI is InChI=1S/C24H24N4O4S/c1-15-19-14-21(33-24(19)28(27-15)17-7-5-4-6-8-17)23(30)26-16-9-10-18(20(13-16)32-3)22(29)25-11-12-31-2/h4-10,13-14H,11-12H2,1-3H3,(H,25,29)(H,26,30). The van der Waals surface area contributed by atoms with Crippen molar-refractivity contribution in [3.63, 3.8) is 0 Å². The summed E-state index contributed by atoms with van der Waals surface area (Å²) in [6.07, 6.45) is 0. The minimum Gasteiger partial charge on any atom is -0.496 e. The highest BCUT2D eigenvalue weighted by molar-refractivity contribution is 7.20. The summed E-state index contributed by atoms with van der Waals surface area (Å²) < 4.78 is 12.2. The molecule has 8 nitrogen and oxygen atoms in total. The number of aromatic nitrogens is 2. The van der Waals surface area contributed by atoms with E-state index in [-0.39, 0.29) is 11.8 Å². The number of benzene rings is 2. The fourth-order valence-electron chi connectivity index (χ4n) is 3.41. The second kappa shape index (κ2) is 9.85. The second-order valence-corrected chi connectivity index (χ2v) is 8.31. The van der Waals surface area contributed by atoms with Gasteiger partial charge in [-0.3, -0.25) is 9.59 Å². The SMILES string of the molecule is COCCNC(=O)c1ccc(NC(=O)c2cc3c(C)nn(-c4ccccc4)c3s2)cc1OC. The van der Waals surface area contributed by atoms with Crippen LogP contribution in [-0.4, -0.2) is 49.0 Å². The first-order valence-corrected chi connectivity index (χ1v) is 11.1. The number of aryl methyl sites for hydroxylation is 1. The Bertz CT molecular complexity index is 1300. The van der Waals surface area contributed by atoms with Gasteiger partial charge in [0.1, 0.15) is 10.6 Å². The minimum absolute atomic E-state index is 0.241. The Morgan fingerprint density at radius 2 is 1.85 bits per heavy atom. The Balaban J connectivity index is 1.55. The molecule has 0 saturated carbocycles. The van der Waals surface area contributed by atoms with Gasteiger partial charge in [-0.05, 0) is 37.3 Å². The molecule has 2 amide bonds. The van der Waals surface area contributed by atoms with Gasteiger partial charge in [-0.15, -0.1) is 11.3 Å². The number of rotatable bonds is 8. The fraction of sp³-hybridized carbons (Fsp3) is 0.208. The molecule has 4 rings (SSSR count). The molecule has 2 aromatic heterocycles. The number of fused-ring (bicyclic) bond motifs is 1. The molecule has 33 heavy (non-hydrogen) atoms. The number of hydrogen-bond donors (Lipinski definition) is 2. The smallest absolute Gasteiger partial charge is 0.265 e. The van der Waals surface area contributed by atoms with Crippen molar-refractivity contribution in [3.05, 3.63) is 70.7 Å². The molecule has 0 bridgehead atoms. The molecule has 0 radical (unpaired) electrons. The molecular weight excluding hydrogens is 440 g/mol. The van der Waals surface area contributed by atoms with E-state index < -0.39 is 0 Å². The summed E-state index contributed by atoms with van der Waals surface area (Å²) in [5.41, 5.74) is 2.71. The summed E-state index contributed by atoms with van der Waals surface area (Å²) in [7, 11) is 3.05. The van der Waals surface area contributed by atoms with Gasteiger partial charge < -0.3 is 20.1 Å². The van der Waals surface area contributed by atoms with Gasteiger partial charge in [-0.2, -0.15) is 5.10 Å². The third kappa shape index (κ3) is 4.74. The molecular formula is C24H24N4O4S. The summed E-state index contributed by atoms with van der Waals surface area (Å²) in [6.45, 7) is 2.74. The van der Waals surface area contributed by atoms with Crippen LogP contribution in [0.2, 0.25) is 0 Å². The van der Waals surface area contributed by atoms with Crippen molar-refractivity contribution in [2.45, 2.75) is 6.92 Å². The number of para-hydroxylation sites is 1. The number of thiophene rings is 1. The number of nitrogens with one attached hydrogen (secondary N) is 2. The second-order valence-electron chi connectivity index (χ2n) is 7.28. The lowest BCUT2D eigenvalue weighted by atomic mass is 10.1. The number of amides is 2. The van der Waals surface area contributed by atoms with Gasteiger partial charge in [0.2, 0.25) is 0 Å². The van der Waals surface area contributed by atoms with Crippen LogP contribution in [0.5, 0.6) is 5.75 Å². The minimum atomic E-state index is -0.271. The molecule has 0 fully saturated rings. The zero-order chi connectivity index (χ0) is 23.4. The first kappa shape index (κ1) is 22.5. The van der Waals surface area contributed by atoms with Crippen molar-refractivity contribution in [1.29, 1.82) is 0 Å². The molecule has 0 atom stereocenters. The van der Waals surface area contributed by atoms with Crippen molar-refractivity contribution in [2.75, 3.05) is 32.7 Å². The van der Waals surface area contributed by atoms with E-state index in [0.29, 0.717) is 35.0 Å². The van der Waals surface area contributed by atoms with E-state index in [0.717, 1.165) is 21.6 Å². The predicted octanol–water partition coefficient (Wildman–Crippen LogP) is 4.03. The first-order valence-electron chi connectivity index (χ1n) is 10.3. The van der Waals surface area contributed by atoms with Crippen LogP contribution in [0.25, 0.3) is 15.9 Å². The van der Waals surface area contributed by atoms with Gasteiger partial charge in [-0.25, -0.2) is 4.68 Å². The highest BCUT2D eigenvalue weighted by atomic mass is 32.1. The van der Waals surface area contributed by atoms with E-state index in [4.69, 9.17) is 9.47 Å². The largest absolute Gasteiger partial charge is 0.496 e. The molecule has 0 spiro atoms. The van der Waals surface area contributed by atoms with Gasteiger partial charge in [-0.1, -0.05) is 18.2 Å². The molecule has 170 valence electrons. The van der Waals surface area contributed by atoms with E-state index in [1.165, 1.54) is 18.4 Å². The number of ether oxygens (including phenoxy) is 2. The van der Waals surface area contributed by atoms with Crippen molar-refractivity contribution in [3.8, 4) is 11.4 Å². The number of methoxy groups -OCH3 is 2. The van der Waals surface area contributed by atoms with E-state index in [1.54, 1.807) is 25.3 Å². The lowest BCUT2D eigenvalue weighted by Gasteiger charge is -2.11. The van der Waals surface area contributed by atoms with Crippen LogP contribution in [0.15, 0.2) is 54.6 Å². The molecule has 2 N–H and O–H groups in total. The summed E-state index contributed by atoms with van der Waals surface area (Å²) in [5.74, 6) is -0.142. The highest BCUT2D eigenvalue weighted by Gasteiger charge is 2.18. The molecule has 0 unspecified atom stereocenters. The van der Waals surface area contributed by atoms with Crippen LogP contribution < -0.4 is 15.4 Å². The van der Waals surface area contributed by atoms with Crippen LogP contribution in [0.1, 0.15) is 25.7 Å². The third-order valence-corrected chi connectivity index (χ3v) is 6.17. The maximum atomic E-state index is 13.0. The number of nitrogens with zero attached hydrogens (tertiary/aromatic N) is 2. The molecule has 2 heterocycles.